The van der Waals surface area contributed by atoms with Crippen LogP contribution in [-0.2, 0) is 17.6 Å². The van der Waals surface area contributed by atoms with Crippen LogP contribution >= 0.6 is 0 Å². The molecule has 0 fully saturated rings. The Bertz CT molecular complexity index is 1440. The molecule has 2 aromatic heterocycles. The molecule has 0 saturated carbocycles. The lowest BCUT2D eigenvalue weighted by molar-refractivity contribution is -0.138. The van der Waals surface area contributed by atoms with Gasteiger partial charge < -0.3 is 20.5 Å². The van der Waals surface area contributed by atoms with E-state index in [1.807, 2.05) is 60.7 Å². The second kappa shape index (κ2) is 15.7. The van der Waals surface area contributed by atoms with Gasteiger partial charge in [0.1, 0.15) is 36.4 Å². The first kappa shape index (κ1) is 30.0. The highest BCUT2D eigenvalue weighted by Crippen LogP contribution is 2.21. The summed E-state index contributed by atoms with van der Waals surface area (Å²) in [6.45, 7) is 3.67. The first-order valence-corrected chi connectivity index (χ1v) is 15.1. The van der Waals surface area contributed by atoms with Crippen LogP contribution in [0.4, 0.5) is 11.6 Å². The number of carboxylic acids is 1. The Hall–Kier alpha value is -4.50. The van der Waals surface area contributed by atoms with Gasteiger partial charge in [-0.05, 0) is 68.8 Å². The monoisotopic (exact) mass is 580 g/mol. The summed E-state index contributed by atoms with van der Waals surface area (Å²) in [4.78, 5) is 28.0. The van der Waals surface area contributed by atoms with Crippen molar-refractivity contribution < 1.29 is 14.6 Å². The number of aromatic nitrogens is 3. The van der Waals surface area contributed by atoms with Gasteiger partial charge in [0.2, 0.25) is 0 Å². The number of pyridine rings is 1. The fraction of sp³-hybridized carbons (Fsp3) is 0.353. The van der Waals surface area contributed by atoms with E-state index in [9.17, 15) is 9.90 Å². The maximum Gasteiger partial charge on any atom is 0.326 e. The minimum Gasteiger partial charge on any atom is -0.492 e. The third-order valence-electron chi connectivity index (χ3n) is 7.62. The van der Waals surface area contributed by atoms with Crippen molar-refractivity contribution in [2.24, 2.45) is 0 Å². The molecule has 1 atom stereocenters. The van der Waals surface area contributed by atoms with Crippen molar-refractivity contribution in [2.75, 3.05) is 43.4 Å². The van der Waals surface area contributed by atoms with Gasteiger partial charge in [-0.1, -0.05) is 54.6 Å². The summed E-state index contributed by atoms with van der Waals surface area (Å²) < 4.78 is 5.96. The zero-order valence-corrected chi connectivity index (χ0v) is 24.5. The highest BCUT2D eigenvalue weighted by atomic mass is 16.5. The van der Waals surface area contributed by atoms with Crippen molar-refractivity contribution >= 4 is 17.6 Å². The van der Waals surface area contributed by atoms with E-state index >= 15 is 0 Å². The van der Waals surface area contributed by atoms with E-state index in [1.54, 1.807) is 6.07 Å². The van der Waals surface area contributed by atoms with E-state index in [0.717, 1.165) is 73.7 Å². The van der Waals surface area contributed by atoms with Crippen LogP contribution < -0.4 is 15.4 Å². The number of hydrogen-bond donors (Lipinski definition) is 3. The number of hydrogen-bond acceptors (Lipinski definition) is 8. The Morgan fingerprint density at radius 3 is 2.60 bits per heavy atom. The van der Waals surface area contributed by atoms with Crippen LogP contribution in [0.15, 0.2) is 85.2 Å². The molecule has 224 valence electrons. The Morgan fingerprint density at radius 1 is 0.977 bits per heavy atom. The molecule has 0 saturated heterocycles. The molecule has 2 aromatic carbocycles. The van der Waals surface area contributed by atoms with Gasteiger partial charge in [0.25, 0.3) is 0 Å². The molecule has 1 aliphatic heterocycles. The quantitative estimate of drug-likeness (QED) is 0.147. The third kappa shape index (κ3) is 9.24. The Kier molecular flexibility index (Phi) is 10.9. The van der Waals surface area contributed by atoms with E-state index in [2.05, 4.69) is 37.6 Å². The Balaban J connectivity index is 1.16. The van der Waals surface area contributed by atoms with Crippen molar-refractivity contribution in [3.8, 4) is 17.0 Å². The number of fused-ring (bicyclic) bond motifs is 1. The molecule has 0 radical (unpaired) electrons. The summed E-state index contributed by atoms with van der Waals surface area (Å²) in [6, 6.07) is 24.9. The van der Waals surface area contributed by atoms with Crippen LogP contribution in [0.1, 0.15) is 36.9 Å². The molecule has 1 aliphatic rings. The lowest BCUT2D eigenvalue weighted by Gasteiger charge is -2.25. The predicted octanol–water partition coefficient (Wildman–Crippen LogP) is 5.56. The van der Waals surface area contributed by atoms with Gasteiger partial charge in [-0.2, -0.15) is 0 Å². The van der Waals surface area contributed by atoms with Crippen molar-refractivity contribution in [3.05, 3.63) is 96.4 Å². The third-order valence-corrected chi connectivity index (χ3v) is 7.62. The fourth-order valence-electron chi connectivity index (χ4n) is 5.24. The number of nitrogens with one attached hydrogen (secondary N) is 2. The number of benzene rings is 2. The van der Waals surface area contributed by atoms with Gasteiger partial charge in [-0.3, -0.25) is 4.90 Å². The van der Waals surface area contributed by atoms with Gasteiger partial charge in [-0.25, -0.2) is 19.7 Å². The molecule has 3 heterocycles. The number of unbranched alkanes of at least 4 members (excludes halogenated alkanes) is 1. The maximum absolute atomic E-state index is 12.2. The fourth-order valence-corrected chi connectivity index (χ4v) is 5.24. The van der Waals surface area contributed by atoms with Crippen LogP contribution in [0.3, 0.4) is 0 Å². The molecule has 1 unspecified atom stereocenters. The zero-order valence-electron chi connectivity index (χ0n) is 24.5. The molecule has 9 heteroatoms. The molecule has 5 rings (SSSR count). The smallest absolute Gasteiger partial charge is 0.326 e. The summed E-state index contributed by atoms with van der Waals surface area (Å²) >= 11 is 0. The topological polar surface area (TPSA) is 112 Å². The minimum atomic E-state index is -0.910. The second-order valence-corrected chi connectivity index (χ2v) is 10.8. The first-order valence-electron chi connectivity index (χ1n) is 15.1. The Morgan fingerprint density at radius 2 is 1.79 bits per heavy atom. The zero-order chi connectivity index (χ0) is 29.7. The number of anilines is 2. The van der Waals surface area contributed by atoms with Gasteiger partial charge >= 0.3 is 5.97 Å². The van der Waals surface area contributed by atoms with Crippen molar-refractivity contribution in [1.82, 2.24) is 19.9 Å². The Labute approximate surface area is 253 Å². The standard InChI is InChI=1S/C34H40N6O3/c41-34(42)30(39-32-24-31(36-25-37-32)26-10-3-1-4-11-26)18-21-40(22-23-43-29-14-5-2-6-15-29)20-8-7-13-28-17-16-27-12-9-19-35-33(27)38-28/h1-6,10-11,14-17,24-25,30H,7-9,12-13,18-23H2,(H,35,38)(H,41,42)(H,36,37,39). The van der Waals surface area contributed by atoms with Crippen molar-refractivity contribution in [2.45, 2.75) is 44.6 Å². The normalized spacial score (nSPS) is 13.1. The summed E-state index contributed by atoms with van der Waals surface area (Å²) in [5.41, 5.74) is 4.11. The van der Waals surface area contributed by atoms with Crippen LogP contribution in [0, 0.1) is 0 Å². The minimum absolute atomic E-state index is 0.420. The highest BCUT2D eigenvalue weighted by molar-refractivity contribution is 5.77. The van der Waals surface area contributed by atoms with Gasteiger partial charge in [0.05, 0.1) is 5.69 Å². The van der Waals surface area contributed by atoms with Crippen molar-refractivity contribution in [3.63, 3.8) is 0 Å². The number of aliphatic carboxylic acids is 1. The van der Waals surface area contributed by atoms with Crippen LogP contribution in [-0.4, -0.2) is 69.8 Å². The van der Waals surface area contributed by atoms with E-state index in [0.29, 0.717) is 31.9 Å². The molecule has 0 spiro atoms. The second-order valence-electron chi connectivity index (χ2n) is 10.8. The SMILES string of the molecule is O=C(O)C(CCN(CCCCc1ccc2c(n1)NCCC2)CCOc1ccccc1)Nc1cc(-c2ccccc2)ncn1. The van der Waals surface area contributed by atoms with Gasteiger partial charge in [0.15, 0.2) is 0 Å². The predicted molar refractivity (Wildman–Crippen MR) is 169 cm³/mol. The number of para-hydroxylation sites is 1. The van der Waals surface area contributed by atoms with Crippen molar-refractivity contribution in [1.29, 1.82) is 0 Å². The number of carbonyl (C=O) groups is 1. The number of rotatable bonds is 16. The lowest BCUT2D eigenvalue weighted by Crippen LogP contribution is -2.37. The average molecular weight is 581 g/mol. The largest absolute Gasteiger partial charge is 0.492 e. The summed E-state index contributed by atoms with van der Waals surface area (Å²) in [7, 11) is 0. The maximum atomic E-state index is 12.2. The first-order chi connectivity index (χ1) is 21.1. The molecule has 0 aliphatic carbocycles. The lowest BCUT2D eigenvalue weighted by atomic mass is 10.1. The van der Waals surface area contributed by atoms with E-state index < -0.39 is 12.0 Å². The van der Waals surface area contributed by atoms with Crippen LogP contribution in [0.25, 0.3) is 11.3 Å². The van der Waals surface area contributed by atoms with Crippen LogP contribution in [0.2, 0.25) is 0 Å². The molecular formula is C34H40N6O3. The number of ether oxygens (including phenoxy) is 1. The molecule has 4 aromatic rings. The molecule has 9 nitrogen and oxygen atoms in total. The molecule has 43 heavy (non-hydrogen) atoms. The number of nitrogens with zero attached hydrogens (tertiary/aromatic N) is 4. The highest BCUT2D eigenvalue weighted by Gasteiger charge is 2.20. The van der Waals surface area contributed by atoms with Crippen LogP contribution in [0.5, 0.6) is 5.75 Å². The summed E-state index contributed by atoms with van der Waals surface area (Å²) in [5.74, 6) is 1.45. The number of carboxylic acid groups (broad SMARTS) is 1. The molecular weight excluding hydrogens is 540 g/mol. The van der Waals surface area contributed by atoms with E-state index in [-0.39, 0.29) is 0 Å². The molecule has 3 N–H and O–H groups in total. The molecule has 0 bridgehead atoms. The molecule has 0 amide bonds. The van der Waals surface area contributed by atoms with Gasteiger partial charge in [0, 0.05) is 37.0 Å². The summed E-state index contributed by atoms with van der Waals surface area (Å²) in [5, 5.41) is 16.6. The van der Waals surface area contributed by atoms with E-state index in [4.69, 9.17) is 9.72 Å². The van der Waals surface area contributed by atoms with E-state index in [1.165, 1.54) is 11.9 Å². The number of aryl methyl sites for hydroxylation is 2. The summed E-state index contributed by atoms with van der Waals surface area (Å²) in [6.07, 6.45) is 7.03. The average Bonchev–Trinajstić information content (AvgIpc) is 3.05. The van der Waals surface area contributed by atoms with Gasteiger partial charge in [-0.15, -0.1) is 0 Å².